The molecule has 0 bridgehead atoms. The molecular weight excluding hydrogens is 485 g/mol. The van der Waals surface area contributed by atoms with Crippen LogP contribution in [0.15, 0.2) is 17.1 Å². The molecule has 1 atom stereocenters. The number of nitrogens with zero attached hydrogens (tertiary/aromatic N) is 2. The lowest BCUT2D eigenvalue weighted by atomic mass is 10.1. The fourth-order valence-electron chi connectivity index (χ4n) is 3.47. The number of nitrogens with one attached hydrogen (secondary N) is 2. The summed E-state index contributed by atoms with van der Waals surface area (Å²) in [6, 6.07) is 3.56. The first kappa shape index (κ1) is 22.7. The minimum Gasteiger partial charge on any atom is -0.454 e. The second-order valence-corrected chi connectivity index (χ2v) is 6.42. The molecule has 2 N–H and O–H groups in total. The lowest BCUT2D eigenvalue weighted by Gasteiger charge is -2.24. The first-order chi connectivity index (χ1) is 13.1. The number of halogens is 3. The van der Waals surface area contributed by atoms with E-state index in [0.29, 0.717) is 29.1 Å². The number of ether oxygens (including phenoxy) is 3. The first-order valence-corrected chi connectivity index (χ1v) is 9.16. The third kappa shape index (κ3) is 5.72. The Morgan fingerprint density at radius 2 is 2.07 bits per heavy atom. The third-order valence-electron chi connectivity index (χ3n) is 4.85. The van der Waals surface area contributed by atoms with Crippen molar-refractivity contribution in [3.05, 3.63) is 17.7 Å². The fourth-order valence-corrected chi connectivity index (χ4v) is 3.47. The van der Waals surface area contributed by atoms with E-state index in [9.17, 15) is 8.78 Å². The summed E-state index contributed by atoms with van der Waals surface area (Å²) in [4.78, 5) is 6.65. The van der Waals surface area contributed by atoms with Crippen LogP contribution in [0.5, 0.6) is 17.2 Å². The minimum atomic E-state index is -2.91. The summed E-state index contributed by atoms with van der Waals surface area (Å²) in [6.45, 7) is 2.53. The van der Waals surface area contributed by atoms with Crippen LogP contribution in [-0.4, -0.2) is 57.0 Å². The number of aliphatic imine (C=N–C) groups is 1. The highest BCUT2D eigenvalue weighted by molar-refractivity contribution is 14.0. The number of benzene rings is 1. The first-order valence-electron chi connectivity index (χ1n) is 9.16. The van der Waals surface area contributed by atoms with Gasteiger partial charge in [-0.05, 0) is 32.0 Å². The van der Waals surface area contributed by atoms with Crippen LogP contribution in [0.4, 0.5) is 8.78 Å². The van der Waals surface area contributed by atoms with Gasteiger partial charge in [0.15, 0.2) is 17.5 Å². The molecule has 2 aliphatic heterocycles. The van der Waals surface area contributed by atoms with Gasteiger partial charge in [0, 0.05) is 37.8 Å². The Labute approximate surface area is 180 Å². The van der Waals surface area contributed by atoms with Crippen LogP contribution in [0.1, 0.15) is 25.3 Å². The van der Waals surface area contributed by atoms with Crippen molar-refractivity contribution >= 4 is 29.9 Å². The van der Waals surface area contributed by atoms with E-state index >= 15 is 0 Å². The topological polar surface area (TPSA) is 67.4 Å². The molecule has 158 valence electrons. The van der Waals surface area contributed by atoms with Gasteiger partial charge in [0.25, 0.3) is 0 Å². The highest BCUT2D eigenvalue weighted by atomic mass is 127. The molecule has 0 saturated carbocycles. The number of guanidine groups is 1. The van der Waals surface area contributed by atoms with Gasteiger partial charge >= 0.3 is 6.61 Å². The van der Waals surface area contributed by atoms with Crippen molar-refractivity contribution in [1.82, 2.24) is 15.5 Å². The zero-order chi connectivity index (χ0) is 19.2. The minimum absolute atomic E-state index is 0. The van der Waals surface area contributed by atoms with Gasteiger partial charge in [-0.3, -0.25) is 9.89 Å². The molecule has 0 aliphatic carbocycles. The van der Waals surface area contributed by atoms with Gasteiger partial charge in [0.1, 0.15) is 5.75 Å². The van der Waals surface area contributed by atoms with E-state index in [1.54, 1.807) is 13.1 Å². The number of likely N-dealkylation sites (tertiary alicyclic amines) is 1. The number of alkyl halides is 2. The predicted octanol–water partition coefficient (Wildman–Crippen LogP) is 2.78. The van der Waals surface area contributed by atoms with Gasteiger partial charge in [-0.2, -0.15) is 8.78 Å². The van der Waals surface area contributed by atoms with Crippen molar-refractivity contribution in [2.45, 2.75) is 39.0 Å². The van der Waals surface area contributed by atoms with Crippen molar-refractivity contribution in [1.29, 1.82) is 0 Å². The molecule has 2 aliphatic rings. The van der Waals surface area contributed by atoms with E-state index in [2.05, 4.69) is 32.2 Å². The lowest BCUT2D eigenvalue weighted by Crippen LogP contribution is -2.44. The standard InChI is InChI=1S/C18H26F2N4O3.HI/c1-3-24-6-4-5-13(24)10-23-18(21-2)22-9-12-7-15-16(26-11-25-15)8-14(12)27-17(19)20;/h7-8,13,17H,3-6,9-11H2,1-2H3,(H2,21,22,23);1H. The molecular formula is C18H27F2IN4O3. The number of hydrogen-bond donors (Lipinski definition) is 2. The van der Waals surface area contributed by atoms with Crippen LogP contribution in [0.3, 0.4) is 0 Å². The monoisotopic (exact) mass is 512 g/mol. The van der Waals surface area contributed by atoms with Gasteiger partial charge in [-0.1, -0.05) is 6.92 Å². The van der Waals surface area contributed by atoms with Crippen LogP contribution >= 0.6 is 24.0 Å². The van der Waals surface area contributed by atoms with E-state index < -0.39 is 6.61 Å². The van der Waals surface area contributed by atoms with Crippen molar-refractivity contribution in [2.24, 2.45) is 4.99 Å². The zero-order valence-electron chi connectivity index (χ0n) is 16.0. The van der Waals surface area contributed by atoms with E-state index in [4.69, 9.17) is 9.47 Å². The van der Waals surface area contributed by atoms with Crippen LogP contribution in [0, 0.1) is 0 Å². The fraction of sp³-hybridized carbons (Fsp3) is 0.611. The number of hydrogen-bond acceptors (Lipinski definition) is 5. The van der Waals surface area contributed by atoms with Gasteiger partial charge < -0.3 is 24.8 Å². The predicted molar refractivity (Wildman–Crippen MR) is 113 cm³/mol. The Kier molecular flexibility index (Phi) is 8.80. The highest BCUT2D eigenvalue weighted by Gasteiger charge is 2.23. The molecule has 0 amide bonds. The highest BCUT2D eigenvalue weighted by Crippen LogP contribution is 2.38. The number of likely N-dealkylation sites (N-methyl/N-ethyl adjacent to an activating group) is 1. The second kappa shape index (κ2) is 10.8. The molecule has 2 heterocycles. The largest absolute Gasteiger partial charge is 0.454 e. The van der Waals surface area contributed by atoms with Gasteiger partial charge in [-0.25, -0.2) is 0 Å². The van der Waals surface area contributed by atoms with Crippen LogP contribution in [-0.2, 0) is 6.54 Å². The lowest BCUT2D eigenvalue weighted by molar-refractivity contribution is -0.0505. The summed E-state index contributed by atoms with van der Waals surface area (Å²) in [5.41, 5.74) is 0.540. The summed E-state index contributed by atoms with van der Waals surface area (Å²) >= 11 is 0. The summed E-state index contributed by atoms with van der Waals surface area (Å²) in [7, 11) is 1.68. The molecule has 0 radical (unpaired) electrons. The van der Waals surface area contributed by atoms with E-state index in [1.807, 2.05) is 0 Å². The molecule has 0 aromatic heterocycles. The van der Waals surface area contributed by atoms with Gasteiger partial charge in [-0.15, -0.1) is 24.0 Å². The normalized spacial score (nSPS) is 18.9. The average Bonchev–Trinajstić information content (AvgIpc) is 3.29. The van der Waals surface area contributed by atoms with E-state index in [1.165, 1.54) is 12.5 Å². The van der Waals surface area contributed by atoms with Crippen molar-refractivity contribution in [3.8, 4) is 17.2 Å². The number of fused-ring (bicyclic) bond motifs is 1. The van der Waals surface area contributed by atoms with Crippen LogP contribution < -0.4 is 24.8 Å². The van der Waals surface area contributed by atoms with Crippen molar-refractivity contribution in [3.63, 3.8) is 0 Å². The van der Waals surface area contributed by atoms with Crippen LogP contribution in [0.2, 0.25) is 0 Å². The SMILES string of the molecule is CCN1CCCC1CNC(=NC)NCc1cc2c(cc1OC(F)F)OCO2.I. The Morgan fingerprint density at radius 1 is 1.32 bits per heavy atom. The molecule has 1 unspecified atom stereocenters. The molecule has 3 rings (SSSR count). The summed E-state index contributed by atoms with van der Waals surface area (Å²) in [5.74, 6) is 1.59. The Balaban J connectivity index is 0.00000280. The summed E-state index contributed by atoms with van der Waals surface area (Å²) in [6.07, 6.45) is 2.37. The number of rotatable bonds is 7. The third-order valence-corrected chi connectivity index (χ3v) is 4.85. The summed E-state index contributed by atoms with van der Waals surface area (Å²) < 4.78 is 40.6. The quantitative estimate of drug-likeness (QED) is 0.333. The molecule has 28 heavy (non-hydrogen) atoms. The van der Waals surface area contributed by atoms with Crippen molar-refractivity contribution in [2.75, 3.05) is 33.5 Å². The van der Waals surface area contributed by atoms with Crippen molar-refractivity contribution < 1.29 is 23.0 Å². The van der Waals surface area contributed by atoms with E-state index in [0.717, 1.165) is 26.1 Å². The Morgan fingerprint density at radius 3 is 2.75 bits per heavy atom. The molecule has 1 aromatic rings. The molecule has 0 spiro atoms. The summed E-state index contributed by atoms with van der Waals surface area (Å²) in [5, 5.41) is 6.46. The Bertz CT molecular complexity index is 678. The Hall–Kier alpha value is -1.56. The van der Waals surface area contributed by atoms with E-state index in [-0.39, 0.29) is 43.1 Å². The average molecular weight is 512 g/mol. The smallest absolute Gasteiger partial charge is 0.387 e. The second-order valence-electron chi connectivity index (χ2n) is 6.42. The van der Waals surface area contributed by atoms with Gasteiger partial charge in [0.05, 0.1) is 0 Å². The molecule has 7 nitrogen and oxygen atoms in total. The van der Waals surface area contributed by atoms with Crippen LogP contribution in [0.25, 0.3) is 0 Å². The molecule has 1 aromatic carbocycles. The maximum atomic E-state index is 12.7. The van der Waals surface area contributed by atoms with Gasteiger partial charge in [0.2, 0.25) is 6.79 Å². The molecule has 1 fully saturated rings. The zero-order valence-corrected chi connectivity index (χ0v) is 18.4. The maximum Gasteiger partial charge on any atom is 0.387 e. The molecule has 1 saturated heterocycles. The maximum absolute atomic E-state index is 12.7. The molecule has 10 heteroatoms.